The van der Waals surface area contributed by atoms with Gasteiger partial charge < -0.3 is 19.9 Å². The van der Waals surface area contributed by atoms with Crippen LogP contribution in [0.15, 0.2) is 72.3 Å². The molecule has 0 fully saturated rings. The molecular formula is C23H25NO4. The molecular weight excluding hydrogens is 354 g/mol. The standard InChI is InChI=1S/C23H25NO4/c1-16(12-23(26)24-19-8-10-20(25)11-9-19)6-5-7-17(2)18-13-21(27-3)15-22(14-18)28-4/h5-15,25H,1-4H3,(H,24,26)/b6-5+,16-12+,17-7+. The number of ether oxygens (including phenoxy) is 2. The first-order chi connectivity index (χ1) is 13.4. The Hall–Kier alpha value is -3.47. The number of carbonyl (C=O) groups excluding carboxylic acids is 1. The Morgan fingerprint density at radius 1 is 1.00 bits per heavy atom. The molecule has 0 heterocycles. The summed E-state index contributed by atoms with van der Waals surface area (Å²) in [6.07, 6.45) is 7.22. The quantitative estimate of drug-likeness (QED) is 0.406. The fourth-order valence-electron chi connectivity index (χ4n) is 2.45. The zero-order valence-corrected chi connectivity index (χ0v) is 16.5. The fourth-order valence-corrected chi connectivity index (χ4v) is 2.45. The first-order valence-corrected chi connectivity index (χ1v) is 8.78. The summed E-state index contributed by atoms with van der Waals surface area (Å²) in [6, 6.07) is 12.0. The molecule has 0 aliphatic rings. The highest BCUT2D eigenvalue weighted by atomic mass is 16.5. The average molecular weight is 379 g/mol. The monoisotopic (exact) mass is 379 g/mol. The number of aromatic hydroxyl groups is 1. The first kappa shape index (κ1) is 20.8. The van der Waals surface area contributed by atoms with Crippen LogP contribution in [0.5, 0.6) is 17.2 Å². The number of benzene rings is 2. The van der Waals surface area contributed by atoms with Gasteiger partial charge in [0.05, 0.1) is 14.2 Å². The van der Waals surface area contributed by atoms with Gasteiger partial charge in [-0.25, -0.2) is 0 Å². The van der Waals surface area contributed by atoms with Crippen molar-refractivity contribution in [3.8, 4) is 17.2 Å². The van der Waals surface area contributed by atoms with Crippen LogP contribution in [-0.2, 0) is 4.79 Å². The molecule has 5 heteroatoms. The van der Waals surface area contributed by atoms with Crippen LogP contribution in [0.4, 0.5) is 5.69 Å². The van der Waals surface area contributed by atoms with E-state index in [4.69, 9.17) is 9.47 Å². The average Bonchev–Trinajstić information content (AvgIpc) is 2.69. The lowest BCUT2D eigenvalue weighted by molar-refractivity contribution is -0.111. The van der Waals surface area contributed by atoms with Crippen molar-refractivity contribution in [1.82, 2.24) is 0 Å². The minimum Gasteiger partial charge on any atom is -0.508 e. The van der Waals surface area contributed by atoms with Crippen LogP contribution in [0.2, 0.25) is 0 Å². The van der Waals surface area contributed by atoms with Gasteiger partial charge in [0, 0.05) is 17.8 Å². The Morgan fingerprint density at radius 3 is 2.18 bits per heavy atom. The van der Waals surface area contributed by atoms with Crippen LogP contribution in [0.25, 0.3) is 5.57 Å². The van der Waals surface area contributed by atoms with E-state index in [0.717, 1.165) is 28.2 Å². The Kier molecular flexibility index (Phi) is 7.45. The van der Waals surface area contributed by atoms with Gasteiger partial charge in [0.25, 0.3) is 0 Å². The molecule has 0 atom stereocenters. The van der Waals surface area contributed by atoms with Crippen molar-refractivity contribution < 1.29 is 19.4 Å². The number of nitrogens with one attached hydrogen (secondary N) is 1. The smallest absolute Gasteiger partial charge is 0.248 e. The molecule has 0 aliphatic heterocycles. The molecule has 2 N–H and O–H groups in total. The summed E-state index contributed by atoms with van der Waals surface area (Å²) in [5.41, 5.74) is 3.46. The predicted molar refractivity (Wildman–Crippen MR) is 113 cm³/mol. The Labute approximate surface area is 165 Å². The van der Waals surface area contributed by atoms with Gasteiger partial charge in [-0.1, -0.05) is 18.2 Å². The Balaban J connectivity index is 2.04. The summed E-state index contributed by atoms with van der Waals surface area (Å²) < 4.78 is 10.6. The minimum atomic E-state index is -0.230. The maximum absolute atomic E-state index is 12.0. The van der Waals surface area contributed by atoms with Crippen molar-refractivity contribution in [3.05, 3.63) is 77.9 Å². The SMILES string of the molecule is COc1cc(OC)cc(/C(C)=C/C=C/C(C)=C/C(=O)Nc2ccc(O)cc2)c1. The van der Waals surface area contributed by atoms with E-state index in [-0.39, 0.29) is 11.7 Å². The highest BCUT2D eigenvalue weighted by Gasteiger charge is 2.03. The van der Waals surface area contributed by atoms with Crippen molar-refractivity contribution in [2.75, 3.05) is 19.5 Å². The van der Waals surface area contributed by atoms with Gasteiger partial charge in [0.1, 0.15) is 17.2 Å². The van der Waals surface area contributed by atoms with Gasteiger partial charge in [0.2, 0.25) is 5.91 Å². The van der Waals surface area contributed by atoms with E-state index in [1.165, 1.54) is 18.2 Å². The van der Waals surface area contributed by atoms with Gasteiger partial charge in [-0.3, -0.25) is 4.79 Å². The number of carbonyl (C=O) groups is 1. The molecule has 28 heavy (non-hydrogen) atoms. The second-order valence-electron chi connectivity index (χ2n) is 6.23. The zero-order valence-electron chi connectivity index (χ0n) is 16.5. The lowest BCUT2D eigenvalue weighted by Crippen LogP contribution is -2.08. The topological polar surface area (TPSA) is 67.8 Å². The van der Waals surface area contributed by atoms with Gasteiger partial charge in [-0.15, -0.1) is 0 Å². The van der Waals surface area contributed by atoms with E-state index in [2.05, 4.69) is 5.32 Å². The van der Waals surface area contributed by atoms with E-state index in [9.17, 15) is 9.90 Å². The number of amides is 1. The molecule has 1 amide bonds. The van der Waals surface area contributed by atoms with E-state index in [1.807, 2.05) is 50.3 Å². The van der Waals surface area contributed by atoms with E-state index in [1.54, 1.807) is 26.4 Å². The molecule has 0 aliphatic carbocycles. The summed E-state index contributed by atoms with van der Waals surface area (Å²) >= 11 is 0. The third-order valence-corrected chi connectivity index (χ3v) is 4.01. The number of rotatable bonds is 7. The molecule has 0 bridgehead atoms. The summed E-state index contributed by atoms with van der Waals surface area (Å²) in [7, 11) is 3.24. The maximum atomic E-state index is 12.0. The number of phenols is 1. The van der Waals surface area contributed by atoms with Crippen LogP contribution in [0, 0.1) is 0 Å². The number of phenolic OH excluding ortho intramolecular Hbond substituents is 1. The molecule has 0 spiro atoms. The number of hydrogen-bond donors (Lipinski definition) is 2. The highest BCUT2D eigenvalue weighted by molar-refractivity contribution is 6.00. The molecule has 0 aromatic heterocycles. The van der Waals surface area contributed by atoms with Crippen LogP contribution in [0.1, 0.15) is 19.4 Å². The molecule has 0 saturated carbocycles. The van der Waals surface area contributed by atoms with Crippen LogP contribution in [-0.4, -0.2) is 25.2 Å². The summed E-state index contributed by atoms with van der Waals surface area (Å²) in [4.78, 5) is 12.0. The number of anilines is 1. The first-order valence-electron chi connectivity index (χ1n) is 8.78. The van der Waals surface area contributed by atoms with Crippen LogP contribution < -0.4 is 14.8 Å². The number of allylic oxidation sites excluding steroid dienone is 5. The van der Waals surface area contributed by atoms with Crippen LogP contribution in [0.3, 0.4) is 0 Å². The Morgan fingerprint density at radius 2 is 1.61 bits per heavy atom. The fraction of sp³-hybridized carbons (Fsp3) is 0.174. The molecule has 2 aromatic rings. The molecule has 0 radical (unpaired) electrons. The summed E-state index contributed by atoms with van der Waals surface area (Å²) in [6.45, 7) is 3.85. The van der Waals surface area contributed by atoms with E-state index in [0.29, 0.717) is 5.69 Å². The van der Waals surface area contributed by atoms with Gasteiger partial charge >= 0.3 is 0 Å². The maximum Gasteiger partial charge on any atom is 0.248 e. The van der Waals surface area contributed by atoms with Gasteiger partial charge in [-0.2, -0.15) is 0 Å². The lowest BCUT2D eigenvalue weighted by Gasteiger charge is -2.08. The van der Waals surface area contributed by atoms with Crippen molar-refractivity contribution >= 4 is 17.2 Å². The highest BCUT2D eigenvalue weighted by Crippen LogP contribution is 2.26. The number of methoxy groups -OCH3 is 2. The van der Waals surface area contributed by atoms with Crippen molar-refractivity contribution in [1.29, 1.82) is 0 Å². The lowest BCUT2D eigenvalue weighted by atomic mass is 10.1. The van der Waals surface area contributed by atoms with Gasteiger partial charge in [0.15, 0.2) is 0 Å². The largest absolute Gasteiger partial charge is 0.508 e. The summed E-state index contributed by atoms with van der Waals surface area (Å²) in [5.74, 6) is 1.38. The molecule has 146 valence electrons. The normalized spacial score (nSPS) is 12.1. The predicted octanol–water partition coefficient (Wildman–Crippen LogP) is 4.95. The molecule has 2 aromatic carbocycles. The molecule has 5 nitrogen and oxygen atoms in total. The van der Waals surface area contributed by atoms with Crippen molar-refractivity contribution in [2.45, 2.75) is 13.8 Å². The van der Waals surface area contributed by atoms with Gasteiger partial charge in [-0.05, 0) is 67.0 Å². The van der Waals surface area contributed by atoms with E-state index >= 15 is 0 Å². The third-order valence-electron chi connectivity index (χ3n) is 4.01. The van der Waals surface area contributed by atoms with E-state index < -0.39 is 0 Å². The second kappa shape index (κ2) is 10.0. The molecule has 0 unspecified atom stereocenters. The molecule has 0 saturated heterocycles. The number of hydrogen-bond acceptors (Lipinski definition) is 4. The minimum absolute atomic E-state index is 0.156. The summed E-state index contributed by atoms with van der Waals surface area (Å²) in [5, 5.41) is 12.0. The zero-order chi connectivity index (χ0) is 20.5. The second-order valence-corrected chi connectivity index (χ2v) is 6.23. The van der Waals surface area contributed by atoms with Crippen LogP contribution >= 0.6 is 0 Å². The van der Waals surface area contributed by atoms with Crippen molar-refractivity contribution in [2.24, 2.45) is 0 Å². The molecule has 2 rings (SSSR count). The van der Waals surface area contributed by atoms with Crippen molar-refractivity contribution in [3.63, 3.8) is 0 Å². The Bertz CT molecular complexity index is 886. The third kappa shape index (κ3) is 6.36.